The van der Waals surface area contributed by atoms with E-state index in [0.717, 1.165) is 5.56 Å². The lowest BCUT2D eigenvalue weighted by Gasteiger charge is -2.14. The van der Waals surface area contributed by atoms with Gasteiger partial charge in [0.05, 0.1) is 14.2 Å². The number of hydrogen-bond acceptors (Lipinski definition) is 7. The van der Waals surface area contributed by atoms with Crippen molar-refractivity contribution in [1.29, 1.82) is 0 Å². The van der Waals surface area contributed by atoms with Crippen LogP contribution in [0.4, 0.5) is 4.79 Å². The molecule has 0 fully saturated rings. The summed E-state index contributed by atoms with van der Waals surface area (Å²) in [6.45, 7) is 0.487. The SMILES string of the molecule is COC(=O)C(NCCNC(=O)OCc1ccccc1)C(=O)OC. The van der Waals surface area contributed by atoms with Crippen LogP contribution in [0.3, 0.4) is 0 Å². The lowest BCUT2D eigenvalue weighted by Crippen LogP contribution is -2.47. The Labute approximate surface area is 134 Å². The molecule has 0 saturated carbocycles. The summed E-state index contributed by atoms with van der Waals surface area (Å²) in [5.74, 6) is -1.52. The first-order valence-electron chi connectivity index (χ1n) is 6.92. The van der Waals surface area contributed by atoms with Gasteiger partial charge in [0.2, 0.25) is 6.04 Å². The summed E-state index contributed by atoms with van der Waals surface area (Å²) in [7, 11) is 2.33. The van der Waals surface area contributed by atoms with Crippen molar-refractivity contribution in [1.82, 2.24) is 10.6 Å². The number of carbonyl (C=O) groups is 3. The fourth-order valence-corrected chi connectivity index (χ4v) is 1.65. The Morgan fingerprint density at radius 2 is 1.61 bits per heavy atom. The van der Waals surface area contributed by atoms with E-state index >= 15 is 0 Å². The van der Waals surface area contributed by atoms with Gasteiger partial charge in [-0.2, -0.15) is 0 Å². The van der Waals surface area contributed by atoms with Crippen LogP contribution in [-0.2, 0) is 30.4 Å². The zero-order valence-electron chi connectivity index (χ0n) is 13.0. The Morgan fingerprint density at radius 3 is 2.17 bits per heavy atom. The quantitative estimate of drug-likeness (QED) is 0.305. The molecule has 1 amide bonds. The number of nitrogens with one attached hydrogen (secondary N) is 2. The third-order valence-electron chi connectivity index (χ3n) is 2.83. The van der Waals surface area contributed by atoms with Crippen LogP contribution in [0.1, 0.15) is 5.56 Å². The van der Waals surface area contributed by atoms with Crippen molar-refractivity contribution in [3.63, 3.8) is 0 Å². The molecule has 0 atom stereocenters. The fraction of sp³-hybridized carbons (Fsp3) is 0.400. The summed E-state index contributed by atoms with van der Waals surface area (Å²) in [4.78, 5) is 34.3. The lowest BCUT2D eigenvalue weighted by atomic mass is 10.2. The lowest BCUT2D eigenvalue weighted by molar-refractivity contribution is -0.155. The Kier molecular flexibility index (Phi) is 8.16. The predicted octanol–water partition coefficient (Wildman–Crippen LogP) is 0.217. The van der Waals surface area contributed by atoms with Gasteiger partial charge in [0.25, 0.3) is 0 Å². The Morgan fingerprint density at radius 1 is 1.00 bits per heavy atom. The first kappa shape index (κ1) is 18.4. The summed E-state index contributed by atoms with van der Waals surface area (Å²) >= 11 is 0. The van der Waals surface area contributed by atoms with Crippen LogP contribution in [0.15, 0.2) is 30.3 Å². The highest BCUT2D eigenvalue weighted by molar-refractivity contribution is 5.99. The Hall–Kier alpha value is -2.61. The first-order chi connectivity index (χ1) is 11.1. The number of ether oxygens (including phenoxy) is 3. The van der Waals surface area contributed by atoms with Gasteiger partial charge >= 0.3 is 18.0 Å². The van der Waals surface area contributed by atoms with Gasteiger partial charge in [-0.1, -0.05) is 30.3 Å². The molecule has 1 aromatic rings. The molecule has 23 heavy (non-hydrogen) atoms. The third-order valence-corrected chi connectivity index (χ3v) is 2.83. The normalized spacial score (nSPS) is 10.0. The molecule has 0 saturated heterocycles. The van der Waals surface area contributed by atoms with E-state index in [1.165, 1.54) is 14.2 Å². The molecule has 8 nitrogen and oxygen atoms in total. The minimum atomic E-state index is -1.23. The van der Waals surface area contributed by atoms with Gasteiger partial charge in [0.1, 0.15) is 6.61 Å². The number of alkyl carbamates (subject to hydrolysis) is 1. The maximum Gasteiger partial charge on any atom is 0.407 e. The number of rotatable bonds is 8. The molecule has 1 aromatic carbocycles. The smallest absolute Gasteiger partial charge is 0.407 e. The molecule has 0 radical (unpaired) electrons. The minimum absolute atomic E-state index is 0.160. The molecule has 0 aliphatic heterocycles. The molecular formula is C15H20N2O6. The molecule has 1 rings (SSSR count). The predicted molar refractivity (Wildman–Crippen MR) is 80.5 cm³/mol. The van der Waals surface area contributed by atoms with Gasteiger partial charge in [-0.25, -0.2) is 14.4 Å². The largest absolute Gasteiger partial charge is 0.467 e. The summed E-state index contributed by atoms with van der Waals surface area (Å²) in [6.07, 6.45) is -0.594. The van der Waals surface area contributed by atoms with E-state index < -0.39 is 24.1 Å². The summed E-state index contributed by atoms with van der Waals surface area (Å²) in [5, 5.41) is 5.13. The first-order valence-corrected chi connectivity index (χ1v) is 6.92. The molecule has 0 unspecified atom stereocenters. The molecule has 8 heteroatoms. The van der Waals surface area contributed by atoms with Crippen LogP contribution in [-0.4, -0.2) is 51.4 Å². The maximum atomic E-state index is 11.5. The molecule has 0 spiro atoms. The van der Waals surface area contributed by atoms with Crippen LogP contribution < -0.4 is 10.6 Å². The molecule has 0 aliphatic rings. The van der Waals surface area contributed by atoms with Crippen molar-refractivity contribution in [3.8, 4) is 0 Å². The zero-order valence-corrected chi connectivity index (χ0v) is 13.0. The number of carbonyl (C=O) groups excluding carboxylic acids is 3. The highest BCUT2D eigenvalue weighted by Crippen LogP contribution is 2.00. The van der Waals surface area contributed by atoms with Crippen molar-refractivity contribution in [2.75, 3.05) is 27.3 Å². The van der Waals surface area contributed by atoms with Crippen molar-refractivity contribution in [2.45, 2.75) is 12.6 Å². The second-order valence-corrected chi connectivity index (χ2v) is 4.42. The molecule has 2 N–H and O–H groups in total. The molecule has 0 bridgehead atoms. The van der Waals surface area contributed by atoms with Crippen LogP contribution in [0.2, 0.25) is 0 Å². The molecule has 0 heterocycles. The molecular weight excluding hydrogens is 304 g/mol. The molecule has 126 valence electrons. The van der Waals surface area contributed by atoms with E-state index in [1.807, 2.05) is 30.3 Å². The average Bonchev–Trinajstić information content (AvgIpc) is 2.59. The van der Waals surface area contributed by atoms with E-state index in [2.05, 4.69) is 20.1 Å². The topological polar surface area (TPSA) is 103 Å². The third kappa shape index (κ3) is 6.79. The summed E-state index contributed by atoms with van der Waals surface area (Å²) in [6, 6.07) is 8.01. The number of hydrogen-bond donors (Lipinski definition) is 2. The van der Waals surface area contributed by atoms with Gasteiger partial charge in [0, 0.05) is 13.1 Å². The summed E-state index contributed by atoms with van der Waals surface area (Å²) in [5.41, 5.74) is 0.872. The van der Waals surface area contributed by atoms with Crippen LogP contribution in [0, 0.1) is 0 Å². The van der Waals surface area contributed by atoms with Gasteiger partial charge in [-0.05, 0) is 5.56 Å². The minimum Gasteiger partial charge on any atom is -0.467 e. The summed E-state index contributed by atoms with van der Waals surface area (Å²) < 4.78 is 14.0. The van der Waals surface area contributed by atoms with Gasteiger partial charge in [-0.15, -0.1) is 0 Å². The van der Waals surface area contributed by atoms with Crippen LogP contribution in [0.5, 0.6) is 0 Å². The monoisotopic (exact) mass is 324 g/mol. The van der Waals surface area contributed by atoms with E-state index in [0.29, 0.717) is 0 Å². The Bertz CT molecular complexity index is 504. The zero-order chi connectivity index (χ0) is 17.1. The van der Waals surface area contributed by atoms with E-state index in [4.69, 9.17) is 4.74 Å². The van der Waals surface area contributed by atoms with Crippen LogP contribution >= 0.6 is 0 Å². The van der Waals surface area contributed by atoms with E-state index in [9.17, 15) is 14.4 Å². The van der Waals surface area contributed by atoms with Gasteiger partial charge in [-0.3, -0.25) is 5.32 Å². The molecule has 0 aromatic heterocycles. The van der Waals surface area contributed by atoms with Crippen molar-refractivity contribution in [2.24, 2.45) is 0 Å². The van der Waals surface area contributed by atoms with Gasteiger partial charge < -0.3 is 19.5 Å². The fourth-order valence-electron chi connectivity index (χ4n) is 1.65. The van der Waals surface area contributed by atoms with Gasteiger partial charge in [0.15, 0.2) is 0 Å². The Balaban J connectivity index is 2.25. The van der Waals surface area contributed by atoms with E-state index in [1.54, 1.807) is 0 Å². The number of esters is 2. The molecule has 0 aliphatic carbocycles. The average molecular weight is 324 g/mol. The van der Waals surface area contributed by atoms with Crippen LogP contribution in [0.25, 0.3) is 0 Å². The number of benzene rings is 1. The highest BCUT2D eigenvalue weighted by Gasteiger charge is 2.27. The second kappa shape index (κ2) is 10.2. The number of amides is 1. The highest BCUT2D eigenvalue weighted by atomic mass is 16.6. The maximum absolute atomic E-state index is 11.5. The second-order valence-electron chi connectivity index (χ2n) is 4.42. The number of methoxy groups -OCH3 is 2. The van der Waals surface area contributed by atoms with Crippen molar-refractivity contribution in [3.05, 3.63) is 35.9 Å². The van der Waals surface area contributed by atoms with Crippen molar-refractivity contribution >= 4 is 18.0 Å². The standard InChI is InChI=1S/C15H20N2O6/c1-21-13(18)12(14(19)22-2)16-8-9-17-15(20)23-10-11-6-4-3-5-7-11/h3-7,12,16H,8-10H2,1-2H3,(H,17,20). The van der Waals surface area contributed by atoms with E-state index in [-0.39, 0.29) is 19.7 Å². The van der Waals surface area contributed by atoms with Crippen molar-refractivity contribution < 1.29 is 28.6 Å².